The first-order valence-corrected chi connectivity index (χ1v) is 4.31. The zero-order valence-electron chi connectivity index (χ0n) is 8.55. The number of hydrogen-bond donors (Lipinski definition) is 1. The Morgan fingerprint density at radius 3 is 2.25 bits per heavy atom. The van der Waals surface area contributed by atoms with Crippen molar-refractivity contribution in [1.82, 2.24) is 4.90 Å². The first-order chi connectivity index (χ1) is 5.36. The highest BCUT2D eigenvalue weighted by atomic mass is 16.1. The summed E-state index contributed by atoms with van der Waals surface area (Å²) in [4.78, 5) is 13.0. The molecule has 3 nitrogen and oxygen atoms in total. The minimum absolute atomic E-state index is 0.207. The largest absolute Gasteiger partial charge is 0.369 e. The second-order valence-corrected chi connectivity index (χ2v) is 4.15. The van der Waals surface area contributed by atoms with E-state index in [-0.39, 0.29) is 11.3 Å². The number of amides is 1. The number of nitrogens with two attached hydrogens (primary N) is 1. The number of hydrogen-bond acceptors (Lipinski definition) is 2. The molecule has 0 heterocycles. The monoisotopic (exact) mass is 172 g/mol. The van der Waals surface area contributed by atoms with Crippen molar-refractivity contribution in [3.63, 3.8) is 0 Å². The quantitative estimate of drug-likeness (QED) is 0.668. The molecule has 0 rings (SSSR count). The molecule has 0 radical (unpaired) electrons. The standard InChI is InChI=1S/C9H20N2O/c1-9(2,8(10)12)6-5-7-11(3)4/h5-7H2,1-4H3,(H2,10,12). The van der Waals surface area contributed by atoms with E-state index in [9.17, 15) is 4.79 Å². The average Bonchev–Trinajstić information content (AvgIpc) is 1.85. The summed E-state index contributed by atoms with van der Waals surface area (Å²) in [7, 11) is 4.05. The molecule has 0 aliphatic carbocycles. The van der Waals surface area contributed by atoms with E-state index in [2.05, 4.69) is 4.90 Å². The summed E-state index contributed by atoms with van der Waals surface area (Å²) < 4.78 is 0. The molecule has 0 unspecified atom stereocenters. The van der Waals surface area contributed by atoms with E-state index in [0.29, 0.717) is 0 Å². The third kappa shape index (κ3) is 4.34. The van der Waals surface area contributed by atoms with Crippen LogP contribution < -0.4 is 5.73 Å². The van der Waals surface area contributed by atoms with Crippen LogP contribution in [0.15, 0.2) is 0 Å². The summed E-state index contributed by atoms with van der Waals surface area (Å²) in [5, 5.41) is 0. The summed E-state index contributed by atoms with van der Waals surface area (Å²) in [6.07, 6.45) is 1.88. The molecule has 0 bridgehead atoms. The fourth-order valence-corrected chi connectivity index (χ4v) is 0.960. The van der Waals surface area contributed by atoms with E-state index in [0.717, 1.165) is 19.4 Å². The normalized spacial score (nSPS) is 12.1. The average molecular weight is 172 g/mol. The Morgan fingerprint density at radius 2 is 1.92 bits per heavy atom. The van der Waals surface area contributed by atoms with Crippen LogP contribution in [0.25, 0.3) is 0 Å². The summed E-state index contributed by atoms with van der Waals surface area (Å²) in [5.41, 5.74) is 4.88. The molecular formula is C9H20N2O. The zero-order valence-corrected chi connectivity index (χ0v) is 8.55. The predicted molar refractivity (Wildman–Crippen MR) is 50.8 cm³/mol. The highest BCUT2D eigenvalue weighted by Crippen LogP contribution is 2.21. The number of rotatable bonds is 5. The maximum Gasteiger partial charge on any atom is 0.223 e. The van der Waals surface area contributed by atoms with Gasteiger partial charge in [-0.25, -0.2) is 0 Å². The van der Waals surface area contributed by atoms with E-state index in [1.54, 1.807) is 0 Å². The van der Waals surface area contributed by atoms with Crippen LogP contribution in [-0.2, 0) is 4.79 Å². The van der Waals surface area contributed by atoms with Crippen molar-refractivity contribution in [2.45, 2.75) is 26.7 Å². The molecule has 2 N–H and O–H groups in total. The number of nitrogens with zero attached hydrogens (tertiary/aromatic N) is 1. The van der Waals surface area contributed by atoms with Gasteiger partial charge in [-0.15, -0.1) is 0 Å². The minimum atomic E-state index is -0.351. The summed E-state index contributed by atoms with van der Waals surface area (Å²) in [6.45, 7) is 4.80. The van der Waals surface area contributed by atoms with Gasteiger partial charge in [-0.3, -0.25) is 4.79 Å². The van der Waals surface area contributed by atoms with Gasteiger partial charge in [-0.1, -0.05) is 13.8 Å². The van der Waals surface area contributed by atoms with E-state index < -0.39 is 0 Å². The van der Waals surface area contributed by atoms with E-state index >= 15 is 0 Å². The third-order valence-corrected chi connectivity index (χ3v) is 2.07. The lowest BCUT2D eigenvalue weighted by atomic mass is 9.87. The maximum absolute atomic E-state index is 10.9. The molecule has 0 aliphatic rings. The molecule has 0 aromatic carbocycles. The van der Waals surface area contributed by atoms with Gasteiger partial charge in [-0.05, 0) is 33.5 Å². The fourth-order valence-electron chi connectivity index (χ4n) is 0.960. The second-order valence-electron chi connectivity index (χ2n) is 4.15. The Labute approximate surface area is 74.9 Å². The Morgan fingerprint density at radius 1 is 1.42 bits per heavy atom. The Bertz CT molecular complexity index is 153. The second kappa shape index (κ2) is 4.45. The Kier molecular flexibility index (Phi) is 4.24. The highest BCUT2D eigenvalue weighted by Gasteiger charge is 2.23. The van der Waals surface area contributed by atoms with Gasteiger partial charge >= 0.3 is 0 Å². The Hall–Kier alpha value is -0.570. The zero-order chi connectivity index (χ0) is 9.78. The number of primary amides is 1. The summed E-state index contributed by atoms with van der Waals surface area (Å²) >= 11 is 0. The van der Waals surface area contributed by atoms with Crippen molar-refractivity contribution in [2.24, 2.45) is 11.1 Å². The molecule has 0 atom stereocenters. The third-order valence-electron chi connectivity index (χ3n) is 2.07. The van der Waals surface area contributed by atoms with Crippen LogP contribution in [0, 0.1) is 5.41 Å². The molecular weight excluding hydrogens is 152 g/mol. The molecule has 0 saturated carbocycles. The predicted octanol–water partition coefficient (Wildman–Crippen LogP) is 0.840. The van der Waals surface area contributed by atoms with Crippen LogP contribution >= 0.6 is 0 Å². The first-order valence-electron chi connectivity index (χ1n) is 4.31. The van der Waals surface area contributed by atoms with Crippen LogP contribution in [0.5, 0.6) is 0 Å². The van der Waals surface area contributed by atoms with Crippen LogP contribution in [0.1, 0.15) is 26.7 Å². The topological polar surface area (TPSA) is 46.3 Å². The van der Waals surface area contributed by atoms with Crippen molar-refractivity contribution in [3.8, 4) is 0 Å². The van der Waals surface area contributed by atoms with Gasteiger partial charge < -0.3 is 10.6 Å². The molecule has 0 aliphatic heterocycles. The van der Waals surface area contributed by atoms with Crippen molar-refractivity contribution < 1.29 is 4.79 Å². The van der Waals surface area contributed by atoms with Crippen LogP contribution in [0.2, 0.25) is 0 Å². The molecule has 0 spiro atoms. The lowest BCUT2D eigenvalue weighted by molar-refractivity contribution is -0.126. The van der Waals surface area contributed by atoms with Crippen molar-refractivity contribution >= 4 is 5.91 Å². The highest BCUT2D eigenvalue weighted by molar-refractivity contribution is 5.79. The van der Waals surface area contributed by atoms with Gasteiger partial charge in [0.2, 0.25) is 5.91 Å². The first kappa shape index (κ1) is 11.4. The van der Waals surface area contributed by atoms with Gasteiger partial charge in [0.15, 0.2) is 0 Å². The number of carbonyl (C=O) groups is 1. The summed E-state index contributed by atoms with van der Waals surface area (Å²) in [5.74, 6) is -0.207. The van der Waals surface area contributed by atoms with Crippen molar-refractivity contribution in [3.05, 3.63) is 0 Å². The van der Waals surface area contributed by atoms with Gasteiger partial charge in [0.1, 0.15) is 0 Å². The van der Waals surface area contributed by atoms with E-state index in [1.165, 1.54) is 0 Å². The van der Waals surface area contributed by atoms with Gasteiger partial charge in [0.25, 0.3) is 0 Å². The molecule has 0 aromatic heterocycles. The molecule has 0 saturated heterocycles. The lowest BCUT2D eigenvalue weighted by Crippen LogP contribution is -2.32. The SMILES string of the molecule is CN(C)CCCC(C)(C)C(N)=O. The van der Waals surface area contributed by atoms with Gasteiger partial charge in [0, 0.05) is 5.41 Å². The molecule has 1 amide bonds. The maximum atomic E-state index is 10.9. The summed E-state index contributed by atoms with van der Waals surface area (Å²) in [6, 6.07) is 0. The van der Waals surface area contributed by atoms with Gasteiger partial charge in [-0.2, -0.15) is 0 Å². The van der Waals surface area contributed by atoms with E-state index in [1.807, 2.05) is 27.9 Å². The van der Waals surface area contributed by atoms with E-state index in [4.69, 9.17) is 5.73 Å². The molecule has 0 fully saturated rings. The van der Waals surface area contributed by atoms with Gasteiger partial charge in [0.05, 0.1) is 0 Å². The van der Waals surface area contributed by atoms with Crippen molar-refractivity contribution in [2.75, 3.05) is 20.6 Å². The molecule has 3 heteroatoms. The fraction of sp³-hybridized carbons (Fsp3) is 0.889. The molecule has 72 valence electrons. The smallest absolute Gasteiger partial charge is 0.223 e. The van der Waals surface area contributed by atoms with Crippen molar-refractivity contribution in [1.29, 1.82) is 0 Å². The van der Waals surface area contributed by atoms with Crippen LogP contribution in [-0.4, -0.2) is 31.4 Å². The Balaban J connectivity index is 3.69. The number of carbonyl (C=O) groups excluding carboxylic acids is 1. The lowest BCUT2D eigenvalue weighted by Gasteiger charge is -2.21. The minimum Gasteiger partial charge on any atom is -0.369 e. The van der Waals surface area contributed by atoms with Crippen LogP contribution in [0.4, 0.5) is 0 Å². The van der Waals surface area contributed by atoms with Crippen LogP contribution in [0.3, 0.4) is 0 Å². The molecule has 12 heavy (non-hydrogen) atoms. The molecule has 0 aromatic rings.